The van der Waals surface area contributed by atoms with E-state index >= 15 is 0 Å². The molecule has 0 fully saturated rings. The minimum Gasteiger partial charge on any atom is -0.299 e. The second kappa shape index (κ2) is 6.68. The Morgan fingerprint density at radius 1 is 0.952 bits per heavy atom. The van der Waals surface area contributed by atoms with E-state index in [0.717, 1.165) is 5.56 Å². The highest BCUT2D eigenvalue weighted by Crippen LogP contribution is 2.29. The lowest BCUT2D eigenvalue weighted by molar-refractivity contribution is -0.119. The van der Waals surface area contributed by atoms with Gasteiger partial charge in [0.05, 0.1) is 5.92 Å². The van der Waals surface area contributed by atoms with Crippen molar-refractivity contribution in [3.63, 3.8) is 0 Å². The second-order valence-corrected chi connectivity index (χ2v) is 5.60. The third kappa shape index (κ3) is 3.59. The summed E-state index contributed by atoms with van der Waals surface area (Å²) in [7, 11) is 0. The molecule has 2 atom stereocenters. The zero-order chi connectivity index (χ0) is 15.4. The van der Waals surface area contributed by atoms with Crippen LogP contribution in [0.4, 0.5) is 0 Å². The van der Waals surface area contributed by atoms with Crippen molar-refractivity contribution < 1.29 is 9.59 Å². The smallest absolute Gasteiger partial charge is 0.173 e. The standard InChI is InChI=1S/C18H17ClO2/c1-12(14-8-10-16(19)11-9-14)17(13(2)20)18(21)15-6-4-3-5-7-15/h3-12,17H,1-2H3/t12-,17+/m1/s1. The van der Waals surface area contributed by atoms with Crippen molar-refractivity contribution in [3.8, 4) is 0 Å². The lowest BCUT2D eigenvalue weighted by Crippen LogP contribution is -2.27. The van der Waals surface area contributed by atoms with E-state index in [1.807, 2.05) is 25.1 Å². The number of carbonyl (C=O) groups excluding carboxylic acids is 2. The molecular weight excluding hydrogens is 284 g/mol. The van der Waals surface area contributed by atoms with Gasteiger partial charge in [-0.1, -0.05) is 61.0 Å². The Morgan fingerprint density at radius 3 is 2.05 bits per heavy atom. The maximum atomic E-state index is 12.6. The summed E-state index contributed by atoms with van der Waals surface area (Å²) in [5.41, 5.74) is 1.50. The third-order valence-electron chi connectivity index (χ3n) is 3.67. The first-order valence-corrected chi connectivity index (χ1v) is 7.23. The summed E-state index contributed by atoms with van der Waals surface area (Å²) in [5, 5.41) is 0.639. The van der Waals surface area contributed by atoms with Gasteiger partial charge in [-0.2, -0.15) is 0 Å². The van der Waals surface area contributed by atoms with Crippen molar-refractivity contribution in [2.75, 3.05) is 0 Å². The molecule has 0 radical (unpaired) electrons. The number of hydrogen-bond donors (Lipinski definition) is 0. The molecule has 0 N–H and O–H groups in total. The van der Waals surface area contributed by atoms with Gasteiger partial charge in [-0.3, -0.25) is 9.59 Å². The highest BCUT2D eigenvalue weighted by molar-refractivity contribution is 6.30. The van der Waals surface area contributed by atoms with Crippen LogP contribution in [0, 0.1) is 5.92 Å². The Hall–Kier alpha value is -1.93. The quantitative estimate of drug-likeness (QED) is 0.600. The van der Waals surface area contributed by atoms with E-state index in [-0.39, 0.29) is 17.5 Å². The Kier molecular flexibility index (Phi) is 4.92. The van der Waals surface area contributed by atoms with Crippen LogP contribution in [0.1, 0.15) is 35.7 Å². The van der Waals surface area contributed by atoms with Crippen molar-refractivity contribution in [1.29, 1.82) is 0 Å². The fourth-order valence-electron chi connectivity index (χ4n) is 2.50. The molecule has 21 heavy (non-hydrogen) atoms. The number of ketones is 2. The second-order valence-electron chi connectivity index (χ2n) is 5.16. The van der Waals surface area contributed by atoms with E-state index in [4.69, 9.17) is 11.6 Å². The Labute approximate surface area is 129 Å². The predicted molar refractivity (Wildman–Crippen MR) is 84.8 cm³/mol. The van der Waals surface area contributed by atoms with Crippen LogP contribution in [0.25, 0.3) is 0 Å². The van der Waals surface area contributed by atoms with Crippen molar-refractivity contribution in [2.45, 2.75) is 19.8 Å². The van der Waals surface area contributed by atoms with Crippen molar-refractivity contribution in [1.82, 2.24) is 0 Å². The summed E-state index contributed by atoms with van der Waals surface area (Å²) < 4.78 is 0. The first kappa shape index (κ1) is 15.5. The van der Waals surface area contributed by atoms with Gasteiger partial charge in [-0.05, 0) is 30.5 Å². The summed E-state index contributed by atoms with van der Waals surface area (Å²) >= 11 is 5.88. The Bertz CT molecular complexity index is 632. The maximum absolute atomic E-state index is 12.6. The highest BCUT2D eigenvalue weighted by atomic mass is 35.5. The average Bonchev–Trinajstić information content (AvgIpc) is 2.48. The molecule has 0 spiro atoms. The molecule has 0 aliphatic rings. The minimum absolute atomic E-state index is 0.119. The number of halogens is 1. The van der Waals surface area contributed by atoms with Crippen LogP contribution in [0.5, 0.6) is 0 Å². The number of Topliss-reactive ketones (excluding diaryl/α,β-unsaturated/α-hetero) is 2. The van der Waals surface area contributed by atoms with Crippen LogP contribution in [0.15, 0.2) is 54.6 Å². The largest absolute Gasteiger partial charge is 0.299 e. The molecule has 0 saturated heterocycles. The third-order valence-corrected chi connectivity index (χ3v) is 3.93. The Balaban J connectivity index is 2.33. The molecule has 2 aromatic rings. The molecule has 0 amide bonds. The van der Waals surface area contributed by atoms with E-state index in [1.165, 1.54) is 6.92 Å². The van der Waals surface area contributed by atoms with Gasteiger partial charge < -0.3 is 0 Å². The van der Waals surface area contributed by atoms with Crippen LogP contribution >= 0.6 is 11.6 Å². The van der Waals surface area contributed by atoms with Crippen molar-refractivity contribution in [2.24, 2.45) is 5.92 Å². The van der Waals surface area contributed by atoms with E-state index in [2.05, 4.69) is 0 Å². The molecule has 2 rings (SSSR count). The molecule has 0 bridgehead atoms. The zero-order valence-electron chi connectivity index (χ0n) is 12.0. The Morgan fingerprint density at radius 2 is 1.52 bits per heavy atom. The SMILES string of the molecule is CC(=O)[C@@H](C(=O)c1ccccc1)[C@H](C)c1ccc(Cl)cc1. The minimum atomic E-state index is -0.673. The molecule has 0 aliphatic heterocycles. The molecule has 3 heteroatoms. The summed E-state index contributed by atoms with van der Waals surface area (Å²) in [6, 6.07) is 16.2. The van der Waals surface area contributed by atoms with Crippen molar-refractivity contribution >= 4 is 23.2 Å². The maximum Gasteiger partial charge on any atom is 0.173 e. The van der Waals surface area contributed by atoms with Gasteiger partial charge in [0.1, 0.15) is 5.78 Å². The monoisotopic (exact) mass is 300 g/mol. The van der Waals surface area contributed by atoms with Crippen LogP contribution in [-0.4, -0.2) is 11.6 Å². The average molecular weight is 301 g/mol. The van der Waals surface area contributed by atoms with Gasteiger partial charge >= 0.3 is 0 Å². The van der Waals surface area contributed by atoms with Gasteiger partial charge in [0.2, 0.25) is 0 Å². The number of rotatable bonds is 5. The highest BCUT2D eigenvalue weighted by Gasteiger charge is 2.30. The molecule has 0 heterocycles. The summed E-state index contributed by atoms with van der Waals surface area (Å²) in [4.78, 5) is 24.6. The van der Waals surface area contributed by atoms with Crippen LogP contribution in [0.3, 0.4) is 0 Å². The summed E-state index contributed by atoms with van der Waals surface area (Å²) in [6.45, 7) is 3.37. The summed E-state index contributed by atoms with van der Waals surface area (Å²) in [6.07, 6.45) is 0. The number of carbonyl (C=O) groups is 2. The molecule has 0 aliphatic carbocycles. The van der Waals surface area contributed by atoms with Crippen LogP contribution in [-0.2, 0) is 4.79 Å². The fourth-order valence-corrected chi connectivity index (χ4v) is 2.63. The molecule has 0 saturated carbocycles. The van der Waals surface area contributed by atoms with E-state index in [9.17, 15) is 9.59 Å². The molecule has 0 unspecified atom stereocenters. The zero-order valence-corrected chi connectivity index (χ0v) is 12.8. The van der Waals surface area contributed by atoms with Gasteiger partial charge in [-0.25, -0.2) is 0 Å². The molecule has 2 nitrogen and oxygen atoms in total. The molecule has 0 aromatic heterocycles. The van der Waals surface area contributed by atoms with Gasteiger partial charge in [0, 0.05) is 10.6 Å². The van der Waals surface area contributed by atoms with Gasteiger partial charge in [0.25, 0.3) is 0 Å². The first-order chi connectivity index (χ1) is 10.0. The van der Waals surface area contributed by atoms with E-state index in [0.29, 0.717) is 10.6 Å². The van der Waals surface area contributed by atoms with Crippen LogP contribution in [0.2, 0.25) is 5.02 Å². The van der Waals surface area contributed by atoms with E-state index < -0.39 is 5.92 Å². The molecule has 108 valence electrons. The topological polar surface area (TPSA) is 34.1 Å². The van der Waals surface area contributed by atoms with E-state index in [1.54, 1.807) is 36.4 Å². The lowest BCUT2D eigenvalue weighted by atomic mass is 9.80. The van der Waals surface area contributed by atoms with Gasteiger partial charge in [0.15, 0.2) is 5.78 Å². The number of hydrogen-bond acceptors (Lipinski definition) is 2. The van der Waals surface area contributed by atoms with Crippen LogP contribution < -0.4 is 0 Å². The molecular formula is C18H17ClO2. The predicted octanol–water partition coefficient (Wildman–Crippen LogP) is 4.53. The number of benzene rings is 2. The summed E-state index contributed by atoms with van der Waals surface area (Å²) in [5.74, 6) is -1.11. The van der Waals surface area contributed by atoms with Crippen molar-refractivity contribution in [3.05, 3.63) is 70.7 Å². The lowest BCUT2D eigenvalue weighted by Gasteiger charge is -2.21. The van der Waals surface area contributed by atoms with Gasteiger partial charge in [-0.15, -0.1) is 0 Å². The molecule has 2 aromatic carbocycles. The fraction of sp³-hybridized carbons (Fsp3) is 0.222. The normalized spacial score (nSPS) is 13.5. The first-order valence-electron chi connectivity index (χ1n) is 6.86.